The van der Waals surface area contributed by atoms with Gasteiger partial charge in [-0.3, -0.25) is 4.79 Å². The molecule has 0 aliphatic carbocycles. The Morgan fingerprint density at radius 3 is 2.68 bits per heavy atom. The van der Waals surface area contributed by atoms with E-state index >= 15 is 0 Å². The van der Waals surface area contributed by atoms with E-state index in [-0.39, 0.29) is 11.7 Å². The predicted molar refractivity (Wildman–Crippen MR) is 105 cm³/mol. The van der Waals surface area contributed by atoms with Crippen LogP contribution < -0.4 is 10.2 Å². The number of hydrogen-bond acceptors (Lipinski definition) is 5. The first-order valence-corrected chi connectivity index (χ1v) is 9.22. The minimum absolute atomic E-state index is 0.0448. The van der Waals surface area contributed by atoms with Crippen molar-refractivity contribution < 1.29 is 13.6 Å². The van der Waals surface area contributed by atoms with E-state index in [1.54, 1.807) is 41.6 Å². The second-order valence-corrected chi connectivity index (χ2v) is 6.59. The van der Waals surface area contributed by atoms with Gasteiger partial charge in [-0.25, -0.2) is 9.37 Å². The largest absolute Gasteiger partial charge is 0.467 e. The summed E-state index contributed by atoms with van der Waals surface area (Å²) in [5.74, 6) is 1.13. The van der Waals surface area contributed by atoms with E-state index in [1.165, 1.54) is 6.07 Å². The fourth-order valence-electron chi connectivity index (χ4n) is 3.29. The molecule has 0 spiro atoms. The Morgan fingerprint density at radius 1 is 1.11 bits per heavy atom. The molecule has 0 bridgehead atoms. The Hall–Kier alpha value is -3.35. The lowest BCUT2D eigenvalue weighted by molar-refractivity contribution is 0.0746. The number of aromatic nitrogens is 1. The van der Waals surface area contributed by atoms with Gasteiger partial charge in [0.1, 0.15) is 17.4 Å². The van der Waals surface area contributed by atoms with E-state index in [0.717, 1.165) is 5.76 Å². The zero-order chi connectivity index (χ0) is 19.3. The number of para-hydroxylation sites is 1. The van der Waals surface area contributed by atoms with Crippen LogP contribution in [-0.2, 0) is 6.54 Å². The minimum atomic E-state index is -0.233. The van der Waals surface area contributed by atoms with Gasteiger partial charge in [-0.15, -0.1) is 0 Å². The van der Waals surface area contributed by atoms with Gasteiger partial charge in [0, 0.05) is 37.9 Å². The molecular weight excluding hydrogens is 359 g/mol. The van der Waals surface area contributed by atoms with Crippen molar-refractivity contribution in [1.82, 2.24) is 9.88 Å². The van der Waals surface area contributed by atoms with Crippen molar-refractivity contribution in [1.29, 1.82) is 0 Å². The van der Waals surface area contributed by atoms with E-state index in [2.05, 4.69) is 10.3 Å². The van der Waals surface area contributed by atoms with Crippen LogP contribution in [0.4, 0.5) is 15.9 Å². The number of carbonyl (C=O) groups is 1. The number of rotatable bonds is 5. The third kappa shape index (κ3) is 3.98. The highest BCUT2D eigenvalue weighted by atomic mass is 19.1. The number of amides is 1. The number of anilines is 2. The molecule has 0 atom stereocenters. The Kier molecular flexibility index (Phi) is 5.23. The average Bonchev–Trinajstić information content (AvgIpc) is 3.26. The molecule has 0 saturated carbocycles. The second-order valence-electron chi connectivity index (χ2n) is 6.59. The smallest absolute Gasteiger partial charge is 0.254 e. The van der Waals surface area contributed by atoms with Crippen LogP contribution in [0.1, 0.15) is 16.1 Å². The van der Waals surface area contributed by atoms with E-state index in [1.807, 2.05) is 23.1 Å². The van der Waals surface area contributed by atoms with Crippen molar-refractivity contribution in [3.8, 4) is 0 Å². The first kappa shape index (κ1) is 18.0. The van der Waals surface area contributed by atoms with Crippen molar-refractivity contribution in [2.45, 2.75) is 6.54 Å². The highest BCUT2D eigenvalue weighted by Crippen LogP contribution is 2.21. The number of benzene rings is 1. The molecule has 7 heteroatoms. The number of furan rings is 1. The fraction of sp³-hybridized carbons (Fsp3) is 0.238. The van der Waals surface area contributed by atoms with Gasteiger partial charge >= 0.3 is 0 Å². The molecule has 6 nitrogen and oxygen atoms in total. The highest BCUT2D eigenvalue weighted by Gasteiger charge is 2.23. The van der Waals surface area contributed by atoms with Gasteiger partial charge in [0.2, 0.25) is 0 Å². The van der Waals surface area contributed by atoms with Gasteiger partial charge in [0.15, 0.2) is 0 Å². The van der Waals surface area contributed by atoms with Gasteiger partial charge in [0.05, 0.1) is 18.5 Å². The van der Waals surface area contributed by atoms with Crippen molar-refractivity contribution in [3.63, 3.8) is 0 Å². The molecule has 2 aromatic heterocycles. The first-order chi connectivity index (χ1) is 13.7. The number of pyridine rings is 1. The lowest BCUT2D eigenvalue weighted by Gasteiger charge is -2.36. The Labute approximate surface area is 162 Å². The molecule has 1 aliphatic heterocycles. The maximum absolute atomic E-state index is 14.0. The molecule has 1 saturated heterocycles. The number of carbonyl (C=O) groups excluding carboxylic acids is 1. The van der Waals surface area contributed by atoms with Gasteiger partial charge in [0.25, 0.3) is 5.91 Å². The molecule has 1 aliphatic rings. The highest BCUT2D eigenvalue weighted by molar-refractivity contribution is 5.95. The Balaban J connectivity index is 1.37. The maximum atomic E-state index is 14.0. The topological polar surface area (TPSA) is 61.6 Å². The van der Waals surface area contributed by atoms with Crippen LogP contribution in [0.5, 0.6) is 0 Å². The van der Waals surface area contributed by atoms with Crippen LogP contribution in [0, 0.1) is 5.82 Å². The van der Waals surface area contributed by atoms with Gasteiger partial charge in [-0.2, -0.15) is 0 Å². The standard InChI is InChI=1S/C21H21FN4O2/c22-18-5-1-2-6-19(18)25-9-11-26(12-10-25)21(27)16-7-8-23-20(14-16)24-15-17-4-3-13-28-17/h1-8,13-14H,9-12,15H2,(H,23,24). The van der Waals surface area contributed by atoms with Crippen LogP contribution in [0.15, 0.2) is 65.4 Å². The van der Waals surface area contributed by atoms with Gasteiger partial charge < -0.3 is 19.5 Å². The summed E-state index contributed by atoms with van der Waals surface area (Å²) in [6, 6.07) is 13.9. The summed E-state index contributed by atoms with van der Waals surface area (Å²) in [5.41, 5.74) is 1.17. The SMILES string of the molecule is O=C(c1ccnc(NCc2ccco2)c1)N1CCN(c2ccccc2F)CC1. The van der Waals surface area contributed by atoms with E-state index < -0.39 is 0 Å². The quantitative estimate of drug-likeness (QED) is 0.735. The zero-order valence-electron chi connectivity index (χ0n) is 15.3. The van der Waals surface area contributed by atoms with Crippen LogP contribution >= 0.6 is 0 Å². The van der Waals surface area contributed by atoms with Crippen molar-refractivity contribution in [2.24, 2.45) is 0 Å². The van der Waals surface area contributed by atoms with Crippen molar-refractivity contribution in [2.75, 3.05) is 36.4 Å². The molecule has 4 rings (SSSR count). The first-order valence-electron chi connectivity index (χ1n) is 9.22. The van der Waals surface area contributed by atoms with Crippen molar-refractivity contribution >= 4 is 17.4 Å². The minimum Gasteiger partial charge on any atom is -0.467 e. The maximum Gasteiger partial charge on any atom is 0.254 e. The number of hydrogen-bond donors (Lipinski definition) is 1. The monoisotopic (exact) mass is 380 g/mol. The van der Waals surface area contributed by atoms with E-state index in [4.69, 9.17) is 4.42 Å². The number of piperazine rings is 1. The third-order valence-electron chi connectivity index (χ3n) is 4.79. The second kappa shape index (κ2) is 8.12. The van der Waals surface area contributed by atoms with E-state index in [9.17, 15) is 9.18 Å². The molecule has 1 aromatic carbocycles. The Bertz CT molecular complexity index is 937. The molecular formula is C21H21FN4O2. The predicted octanol–water partition coefficient (Wildman–Crippen LogP) is 3.39. The number of nitrogens with one attached hydrogen (secondary N) is 1. The van der Waals surface area contributed by atoms with Crippen LogP contribution in [0.3, 0.4) is 0 Å². The molecule has 144 valence electrons. The summed E-state index contributed by atoms with van der Waals surface area (Å²) in [6.45, 7) is 2.79. The normalized spacial score (nSPS) is 14.2. The summed E-state index contributed by atoms with van der Waals surface area (Å²) >= 11 is 0. The fourth-order valence-corrected chi connectivity index (χ4v) is 3.29. The van der Waals surface area contributed by atoms with Crippen LogP contribution in [0.25, 0.3) is 0 Å². The van der Waals surface area contributed by atoms with Crippen LogP contribution in [0.2, 0.25) is 0 Å². The van der Waals surface area contributed by atoms with Gasteiger partial charge in [-0.05, 0) is 36.4 Å². The average molecular weight is 380 g/mol. The molecule has 3 heterocycles. The Morgan fingerprint density at radius 2 is 1.93 bits per heavy atom. The number of halogens is 1. The summed E-state index contributed by atoms with van der Waals surface area (Å²) < 4.78 is 19.3. The molecule has 28 heavy (non-hydrogen) atoms. The zero-order valence-corrected chi connectivity index (χ0v) is 15.3. The summed E-state index contributed by atoms with van der Waals surface area (Å²) in [4.78, 5) is 20.9. The molecule has 3 aromatic rings. The molecule has 0 radical (unpaired) electrons. The summed E-state index contributed by atoms with van der Waals surface area (Å²) in [5, 5.41) is 3.15. The lowest BCUT2D eigenvalue weighted by atomic mass is 10.2. The lowest BCUT2D eigenvalue weighted by Crippen LogP contribution is -2.49. The molecule has 1 fully saturated rings. The van der Waals surface area contributed by atoms with Crippen LogP contribution in [-0.4, -0.2) is 42.0 Å². The summed E-state index contributed by atoms with van der Waals surface area (Å²) in [7, 11) is 0. The third-order valence-corrected chi connectivity index (χ3v) is 4.79. The summed E-state index contributed by atoms with van der Waals surface area (Å²) in [6.07, 6.45) is 3.23. The van der Waals surface area contributed by atoms with Crippen molar-refractivity contribution in [3.05, 3.63) is 78.1 Å². The molecule has 0 unspecified atom stereocenters. The molecule has 1 amide bonds. The van der Waals surface area contributed by atoms with E-state index in [0.29, 0.717) is 49.8 Å². The van der Waals surface area contributed by atoms with Gasteiger partial charge in [-0.1, -0.05) is 12.1 Å². The number of nitrogens with zero attached hydrogens (tertiary/aromatic N) is 3. The molecule has 1 N–H and O–H groups in total.